The quantitative estimate of drug-likeness (QED) is 0.0326. The Morgan fingerprint density at radius 2 is 0.833 bits per heavy atom. The van der Waals surface area contributed by atoms with E-state index in [-0.39, 0.29) is 42.8 Å². The maximum atomic E-state index is 15.4. The zero-order chi connectivity index (χ0) is 49.9. The first-order valence-electron chi connectivity index (χ1n) is 26.5. The fourth-order valence-electron chi connectivity index (χ4n) is 9.53. The molecule has 378 valence electrons. The highest BCUT2D eigenvalue weighted by atomic mass is 32.1. The predicted molar refractivity (Wildman–Crippen MR) is 284 cm³/mol. The number of benzene rings is 2. The van der Waals surface area contributed by atoms with Gasteiger partial charge in [0.2, 0.25) is 0 Å². The molecule has 2 N–H and O–H groups in total. The molecule has 0 heterocycles. The Hall–Kier alpha value is -2.67. The fraction of sp³-hybridized carbons (Fsp3) is 0.763. The van der Waals surface area contributed by atoms with Crippen LogP contribution in [-0.4, -0.2) is 35.4 Å². The molecule has 2 aromatic rings. The molecule has 1 unspecified atom stereocenters. The van der Waals surface area contributed by atoms with Gasteiger partial charge in [-0.3, -0.25) is 9.59 Å². The second kappa shape index (κ2) is 27.5. The summed E-state index contributed by atoms with van der Waals surface area (Å²) in [5.41, 5.74) is 1.84. The summed E-state index contributed by atoms with van der Waals surface area (Å²) in [6, 6.07) is 5.96. The molecule has 2 aromatic carbocycles. The maximum Gasteiger partial charge on any atom is 0.324 e. The summed E-state index contributed by atoms with van der Waals surface area (Å²) in [6.07, 6.45) is 23.1. The third-order valence-electron chi connectivity index (χ3n) is 13.4. The summed E-state index contributed by atoms with van der Waals surface area (Å²) in [7, 11) is 0. The number of carbonyl (C=O) groups excluding carboxylic acids is 2. The highest BCUT2D eigenvalue weighted by Crippen LogP contribution is 2.48. The monoisotopic (exact) mass is 937 g/mol. The minimum atomic E-state index is -1.78. The largest absolute Gasteiger partial charge is 0.507 e. The molecule has 1 atom stereocenters. The molecule has 0 saturated heterocycles. The van der Waals surface area contributed by atoms with Crippen molar-refractivity contribution >= 4 is 24.6 Å². The van der Waals surface area contributed by atoms with Crippen LogP contribution in [0.2, 0.25) is 0 Å². The molecule has 6 nitrogen and oxygen atoms in total. The lowest BCUT2D eigenvalue weighted by Crippen LogP contribution is -2.46. The van der Waals surface area contributed by atoms with E-state index in [2.05, 4.69) is 96.9 Å². The topological polar surface area (TPSA) is 93.1 Å². The summed E-state index contributed by atoms with van der Waals surface area (Å²) in [5.74, 6) is -0.703. The van der Waals surface area contributed by atoms with Gasteiger partial charge in [-0.15, -0.1) is 0 Å². The third-order valence-corrected chi connectivity index (χ3v) is 13.7. The van der Waals surface area contributed by atoms with Crippen molar-refractivity contribution in [2.24, 2.45) is 5.41 Å². The molecule has 0 aliphatic rings. The van der Waals surface area contributed by atoms with Crippen molar-refractivity contribution in [1.29, 1.82) is 0 Å². The fourth-order valence-corrected chi connectivity index (χ4v) is 9.83. The molecule has 0 radical (unpaired) electrons. The van der Waals surface area contributed by atoms with Gasteiger partial charge >= 0.3 is 11.9 Å². The number of aromatic hydroxyl groups is 2. The number of phenols is 2. The lowest BCUT2D eigenvalue weighted by molar-refractivity contribution is -0.173. The molecule has 0 aromatic heterocycles. The molecule has 0 bridgehead atoms. The van der Waals surface area contributed by atoms with Crippen molar-refractivity contribution in [2.45, 2.75) is 272 Å². The van der Waals surface area contributed by atoms with Gasteiger partial charge in [0, 0.05) is 10.8 Å². The summed E-state index contributed by atoms with van der Waals surface area (Å²) in [5, 5.41) is 23.6. The summed E-state index contributed by atoms with van der Waals surface area (Å²) in [4.78, 5) is 30.8. The van der Waals surface area contributed by atoms with E-state index in [0.717, 1.165) is 64.6 Å². The lowest BCUT2D eigenvalue weighted by atomic mass is 9.69. The first-order valence-corrected chi connectivity index (χ1v) is 27.0. The Balaban J connectivity index is 2.80. The number of unbranched alkanes of at least 4 members (excludes halogenated alkanes) is 18. The molecule has 0 spiro atoms. The molecular formula is C59H100O6S. The van der Waals surface area contributed by atoms with Gasteiger partial charge in [-0.1, -0.05) is 231 Å². The highest BCUT2D eigenvalue weighted by molar-refractivity contribution is 7.80. The van der Waals surface area contributed by atoms with E-state index < -0.39 is 39.0 Å². The van der Waals surface area contributed by atoms with Gasteiger partial charge in [0.25, 0.3) is 0 Å². The van der Waals surface area contributed by atoms with Crippen LogP contribution >= 0.6 is 12.6 Å². The predicted octanol–water partition coefficient (Wildman–Crippen LogP) is 17.0. The third kappa shape index (κ3) is 18.7. The van der Waals surface area contributed by atoms with E-state index >= 15 is 9.59 Å². The van der Waals surface area contributed by atoms with Gasteiger partial charge in [0.05, 0.1) is 13.2 Å². The molecule has 0 amide bonds. The molecule has 0 aliphatic carbocycles. The summed E-state index contributed by atoms with van der Waals surface area (Å²) < 4.78 is 12.7. The molecule has 0 saturated carbocycles. The number of ether oxygens (including phenoxy) is 2. The number of hydrogen-bond acceptors (Lipinski definition) is 7. The van der Waals surface area contributed by atoms with Crippen LogP contribution in [-0.2, 0) is 53.6 Å². The molecule has 0 aliphatic heterocycles. The summed E-state index contributed by atoms with van der Waals surface area (Å²) >= 11 is 5.05. The van der Waals surface area contributed by atoms with Crippen LogP contribution in [0, 0.1) is 5.41 Å². The van der Waals surface area contributed by atoms with Crippen molar-refractivity contribution in [1.82, 2.24) is 0 Å². The number of esters is 2. The Morgan fingerprint density at radius 1 is 0.500 bits per heavy atom. The standard InChI is InChI=1S/C59H100O6S/c1-16-18-20-22-24-26-28-30-32-34-36-64-53(62)59(54(63)65-37-35-33-31-29-27-25-23-21-19-17-2,41-44-38-46(55(4,5)6)51(60)47(39-44)56(7,8)9)42-45-40-48(57(10,11)12)52(61)50(58(13,14)15)49(45)43(3)66/h38-40,43,60-61,66H,16-37,41-42H2,1-15H3. The minimum absolute atomic E-state index is 0.00395. The average Bonchev–Trinajstić information content (AvgIpc) is 3.20. The Labute approximate surface area is 411 Å². The molecule has 7 heteroatoms. The average molecular weight is 938 g/mol. The number of rotatable bonds is 29. The van der Waals surface area contributed by atoms with Crippen LogP contribution < -0.4 is 0 Å². The lowest BCUT2D eigenvalue weighted by Gasteiger charge is -2.36. The molecular weight excluding hydrogens is 837 g/mol. The van der Waals surface area contributed by atoms with Gasteiger partial charge in [-0.2, -0.15) is 12.6 Å². The van der Waals surface area contributed by atoms with Crippen molar-refractivity contribution < 1.29 is 29.3 Å². The van der Waals surface area contributed by atoms with Crippen LogP contribution in [0.1, 0.15) is 276 Å². The van der Waals surface area contributed by atoms with Crippen LogP contribution in [0.4, 0.5) is 0 Å². The normalized spacial score (nSPS) is 13.3. The van der Waals surface area contributed by atoms with E-state index in [1.807, 2.05) is 25.1 Å². The number of carbonyl (C=O) groups is 2. The van der Waals surface area contributed by atoms with Gasteiger partial charge in [-0.05, 0) is 87.6 Å². The van der Waals surface area contributed by atoms with Crippen LogP contribution in [0.5, 0.6) is 11.5 Å². The van der Waals surface area contributed by atoms with E-state index in [1.165, 1.54) is 89.9 Å². The highest BCUT2D eigenvalue weighted by Gasteiger charge is 2.51. The Morgan fingerprint density at radius 3 is 1.15 bits per heavy atom. The number of phenolic OH excluding ortho intramolecular Hbond substituents is 2. The molecule has 0 fully saturated rings. The zero-order valence-electron chi connectivity index (χ0n) is 45.3. The summed E-state index contributed by atoms with van der Waals surface area (Å²) in [6.45, 7) is 31.9. The first kappa shape index (κ1) is 59.5. The number of thiol groups is 1. The van der Waals surface area contributed by atoms with E-state index in [4.69, 9.17) is 22.1 Å². The SMILES string of the molecule is CCCCCCCCCCCCOC(=O)C(Cc1cc(C(C)(C)C)c(O)c(C(C)(C)C)c1)(Cc1cc(C(C)(C)C)c(O)c(C(C)(C)C)c1C(C)S)C(=O)OCCCCCCCCCCCC. The number of hydrogen-bond donors (Lipinski definition) is 3. The van der Waals surface area contributed by atoms with Gasteiger partial charge < -0.3 is 19.7 Å². The Kier molecular flexibility index (Phi) is 24.8. The van der Waals surface area contributed by atoms with Gasteiger partial charge in [-0.25, -0.2) is 0 Å². The van der Waals surface area contributed by atoms with Gasteiger partial charge in [0.15, 0.2) is 5.41 Å². The second-order valence-corrected chi connectivity index (χ2v) is 24.8. The van der Waals surface area contributed by atoms with Crippen molar-refractivity contribution in [3.05, 3.63) is 57.1 Å². The van der Waals surface area contributed by atoms with Crippen molar-refractivity contribution in [2.75, 3.05) is 13.2 Å². The maximum absolute atomic E-state index is 15.4. The smallest absolute Gasteiger partial charge is 0.324 e. The first-order chi connectivity index (χ1) is 30.7. The second-order valence-electron chi connectivity index (χ2n) is 24.0. The molecule has 66 heavy (non-hydrogen) atoms. The van der Waals surface area contributed by atoms with E-state index in [1.54, 1.807) is 0 Å². The van der Waals surface area contributed by atoms with Gasteiger partial charge in [0.1, 0.15) is 11.5 Å². The van der Waals surface area contributed by atoms with Crippen molar-refractivity contribution in [3.63, 3.8) is 0 Å². The van der Waals surface area contributed by atoms with Crippen LogP contribution in [0.15, 0.2) is 18.2 Å². The van der Waals surface area contributed by atoms with Crippen LogP contribution in [0.3, 0.4) is 0 Å². The minimum Gasteiger partial charge on any atom is -0.507 e. The van der Waals surface area contributed by atoms with Crippen LogP contribution in [0.25, 0.3) is 0 Å². The van der Waals surface area contributed by atoms with E-state index in [9.17, 15) is 10.2 Å². The Bertz CT molecular complexity index is 1690. The van der Waals surface area contributed by atoms with Crippen molar-refractivity contribution in [3.8, 4) is 11.5 Å². The molecule has 2 rings (SSSR count). The van der Waals surface area contributed by atoms with E-state index in [0.29, 0.717) is 12.8 Å². The zero-order valence-corrected chi connectivity index (χ0v) is 46.1.